The molecule has 2 aliphatic rings. The van der Waals surface area contributed by atoms with Crippen LogP contribution in [0.1, 0.15) is 0 Å². The molecule has 1 N–H and O–H groups in total. The van der Waals surface area contributed by atoms with Gasteiger partial charge in [-0.3, -0.25) is 4.79 Å². The van der Waals surface area contributed by atoms with Crippen LogP contribution in [-0.2, 0) is 4.79 Å². The van der Waals surface area contributed by atoms with Gasteiger partial charge in [0.15, 0.2) is 0 Å². The Morgan fingerprint density at radius 3 is 3.00 bits per heavy atom. The molecule has 3 amide bonds. The topological polar surface area (TPSA) is 56.4 Å². The number of aromatic nitrogens is 1. The van der Waals surface area contributed by atoms with E-state index in [2.05, 4.69) is 4.98 Å². The van der Waals surface area contributed by atoms with Crippen LogP contribution in [0, 0.1) is 0 Å². The van der Waals surface area contributed by atoms with Crippen molar-refractivity contribution in [3.63, 3.8) is 0 Å². The molecule has 2 fully saturated rings. The third-order valence-electron chi connectivity index (χ3n) is 3.64. The van der Waals surface area contributed by atoms with Gasteiger partial charge in [-0.05, 0) is 18.2 Å². The minimum atomic E-state index is -0.285. The summed E-state index contributed by atoms with van der Waals surface area (Å²) < 4.78 is 0. The third kappa shape index (κ3) is 1.37. The van der Waals surface area contributed by atoms with Crippen LogP contribution in [0.5, 0.6) is 0 Å². The molecule has 2 aromatic rings. The van der Waals surface area contributed by atoms with E-state index < -0.39 is 0 Å². The van der Waals surface area contributed by atoms with Crippen molar-refractivity contribution in [1.29, 1.82) is 0 Å². The van der Waals surface area contributed by atoms with Gasteiger partial charge in [0, 0.05) is 22.9 Å². The van der Waals surface area contributed by atoms with Crippen LogP contribution in [0.4, 0.5) is 10.5 Å². The molecule has 1 aromatic heterocycles. The van der Waals surface area contributed by atoms with Crippen LogP contribution in [0.15, 0.2) is 30.5 Å². The first-order chi connectivity index (χ1) is 9.27. The fourth-order valence-electron chi connectivity index (χ4n) is 2.69. The summed E-state index contributed by atoms with van der Waals surface area (Å²) in [6.45, 7) is 0. The zero-order valence-electron chi connectivity index (χ0n) is 10.00. The van der Waals surface area contributed by atoms with Crippen molar-refractivity contribution >= 4 is 40.3 Å². The molecule has 0 bridgehead atoms. The van der Waals surface area contributed by atoms with Crippen molar-refractivity contribution in [3.8, 4) is 0 Å². The first-order valence-corrected chi connectivity index (χ1v) is 7.21. The van der Waals surface area contributed by atoms with Gasteiger partial charge < -0.3 is 9.88 Å². The third-order valence-corrected chi connectivity index (χ3v) is 4.65. The van der Waals surface area contributed by atoms with Gasteiger partial charge >= 0.3 is 6.03 Å². The summed E-state index contributed by atoms with van der Waals surface area (Å²) in [5.74, 6) is 1.20. The Labute approximate surface area is 113 Å². The summed E-state index contributed by atoms with van der Waals surface area (Å²) in [5, 5.41) is 0.901. The van der Waals surface area contributed by atoms with Gasteiger partial charge in [0.25, 0.3) is 5.91 Å². The summed E-state index contributed by atoms with van der Waals surface area (Å²) in [5.41, 5.74) is 1.60. The van der Waals surface area contributed by atoms with Crippen molar-refractivity contribution < 1.29 is 9.59 Å². The number of aromatic amines is 1. The van der Waals surface area contributed by atoms with Gasteiger partial charge in [0.05, 0.1) is 11.6 Å². The van der Waals surface area contributed by atoms with E-state index in [0.717, 1.165) is 10.9 Å². The lowest BCUT2D eigenvalue weighted by Crippen LogP contribution is -2.32. The Morgan fingerprint density at radius 1 is 1.26 bits per heavy atom. The molecule has 0 aliphatic carbocycles. The van der Waals surface area contributed by atoms with E-state index in [1.807, 2.05) is 30.5 Å². The van der Waals surface area contributed by atoms with Crippen LogP contribution in [0.2, 0.25) is 0 Å². The van der Waals surface area contributed by atoms with Gasteiger partial charge in [-0.2, -0.15) is 0 Å². The number of imide groups is 1. The van der Waals surface area contributed by atoms with Gasteiger partial charge in [0.2, 0.25) is 0 Å². The maximum Gasteiger partial charge on any atom is 0.332 e. The van der Waals surface area contributed by atoms with Gasteiger partial charge in [-0.1, -0.05) is 6.07 Å². The summed E-state index contributed by atoms with van der Waals surface area (Å²) in [6, 6.07) is 7.01. The molecule has 2 saturated heterocycles. The molecule has 1 atom stereocenters. The summed E-state index contributed by atoms with van der Waals surface area (Å²) in [7, 11) is 0. The molecule has 0 saturated carbocycles. The highest BCUT2D eigenvalue weighted by atomic mass is 32.2. The number of carbonyl (C=O) groups is 2. The number of benzene rings is 1. The minimum Gasteiger partial charge on any atom is -0.361 e. The Balaban J connectivity index is 1.86. The smallest absolute Gasteiger partial charge is 0.332 e. The molecular formula is C13H11N3O2S. The van der Waals surface area contributed by atoms with Crippen molar-refractivity contribution in [3.05, 3.63) is 30.5 Å². The number of fused-ring (bicyclic) bond motifs is 2. The molecule has 19 heavy (non-hydrogen) atoms. The highest BCUT2D eigenvalue weighted by Crippen LogP contribution is 2.35. The molecular weight excluding hydrogens is 262 g/mol. The predicted molar refractivity (Wildman–Crippen MR) is 74.1 cm³/mol. The molecule has 2 aliphatic heterocycles. The molecule has 4 rings (SSSR count). The number of nitrogens with one attached hydrogen (secondary N) is 1. The molecule has 6 heteroatoms. The Kier molecular flexibility index (Phi) is 2.17. The summed E-state index contributed by atoms with van der Waals surface area (Å²) in [4.78, 5) is 30.8. The van der Waals surface area contributed by atoms with Crippen LogP contribution in [0.25, 0.3) is 10.9 Å². The Morgan fingerprint density at radius 2 is 2.16 bits per heavy atom. The lowest BCUT2D eigenvalue weighted by molar-refractivity contribution is -0.118. The van der Waals surface area contributed by atoms with E-state index >= 15 is 0 Å². The largest absolute Gasteiger partial charge is 0.361 e. The van der Waals surface area contributed by atoms with E-state index in [1.165, 1.54) is 4.90 Å². The number of nitrogens with zero attached hydrogens (tertiary/aromatic N) is 2. The van der Waals surface area contributed by atoms with Crippen molar-refractivity contribution in [2.45, 2.75) is 6.04 Å². The first-order valence-electron chi connectivity index (χ1n) is 6.06. The average molecular weight is 273 g/mol. The number of amides is 3. The Hall–Kier alpha value is -1.95. The van der Waals surface area contributed by atoms with Gasteiger partial charge in [-0.15, -0.1) is 11.8 Å². The average Bonchev–Trinajstić information content (AvgIpc) is 3.10. The highest BCUT2D eigenvalue weighted by molar-refractivity contribution is 7.99. The van der Waals surface area contributed by atoms with Gasteiger partial charge in [-0.25, -0.2) is 9.69 Å². The van der Waals surface area contributed by atoms with E-state index in [0.29, 0.717) is 17.3 Å². The fourth-order valence-corrected chi connectivity index (χ4v) is 3.83. The number of hydrogen-bond donors (Lipinski definition) is 1. The van der Waals surface area contributed by atoms with Crippen molar-refractivity contribution in [2.75, 3.05) is 16.5 Å². The predicted octanol–water partition coefficient (Wildman–Crippen LogP) is 2.01. The molecule has 1 unspecified atom stereocenters. The first kappa shape index (κ1) is 10.9. The van der Waals surface area contributed by atoms with E-state index in [1.54, 1.807) is 16.7 Å². The fraction of sp³-hybridized carbons (Fsp3) is 0.231. The van der Waals surface area contributed by atoms with Gasteiger partial charge in [0.1, 0.15) is 6.04 Å². The lowest BCUT2D eigenvalue weighted by atomic mass is 10.2. The molecule has 0 spiro atoms. The maximum absolute atomic E-state index is 12.4. The second kappa shape index (κ2) is 3.77. The Bertz CT molecular complexity index is 674. The number of H-pyrrole nitrogens is 1. The highest BCUT2D eigenvalue weighted by Gasteiger charge is 2.48. The second-order valence-corrected chi connectivity index (χ2v) is 5.66. The summed E-state index contributed by atoms with van der Waals surface area (Å²) >= 11 is 1.63. The monoisotopic (exact) mass is 273 g/mol. The minimum absolute atomic E-state index is 0.108. The molecule has 5 nitrogen and oxygen atoms in total. The molecule has 3 heterocycles. The number of carbonyl (C=O) groups excluding carboxylic acids is 2. The zero-order valence-corrected chi connectivity index (χ0v) is 10.8. The molecule has 0 radical (unpaired) electrons. The second-order valence-electron chi connectivity index (χ2n) is 4.66. The standard InChI is InChI=1S/C13H11N3O2S/c17-12-11-6-19-7-15(11)13(18)16(12)10-3-1-2-9-8(10)4-5-14-9/h1-5,11,14H,6-7H2. The molecule has 1 aromatic carbocycles. The van der Waals surface area contributed by atoms with Crippen LogP contribution >= 0.6 is 11.8 Å². The molecule has 96 valence electrons. The van der Waals surface area contributed by atoms with Crippen LogP contribution in [-0.4, -0.2) is 39.5 Å². The lowest BCUT2D eigenvalue weighted by Gasteiger charge is -2.16. The number of hydrogen-bond acceptors (Lipinski definition) is 3. The number of anilines is 1. The van der Waals surface area contributed by atoms with Crippen LogP contribution in [0.3, 0.4) is 0 Å². The number of rotatable bonds is 1. The maximum atomic E-state index is 12.4. The summed E-state index contributed by atoms with van der Waals surface area (Å²) in [6.07, 6.45) is 1.82. The van der Waals surface area contributed by atoms with E-state index in [4.69, 9.17) is 0 Å². The zero-order chi connectivity index (χ0) is 13.0. The van der Waals surface area contributed by atoms with Crippen LogP contribution < -0.4 is 4.90 Å². The SMILES string of the molecule is O=C1C2CSCN2C(=O)N1c1cccc2[nH]ccc12. The normalized spacial score (nSPS) is 22.6. The van der Waals surface area contributed by atoms with Crippen molar-refractivity contribution in [2.24, 2.45) is 0 Å². The van der Waals surface area contributed by atoms with E-state index in [9.17, 15) is 9.59 Å². The van der Waals surface area contributed by atoms with E-state index in [-0.39, 0.29) is 18.0 Å². The van der Waals surface area contributed by atoms with Crippen molar-refractivity contribution in [1.82, 2.24) is 9.88 Å². The number of thioether (sulfide) groups is 1. The number of urea groups is 1. The quantitative estimate of drug-likeness (QED) is 0.809.